The van der Waals surface area contributed by atoms with Crippen LogP contribution < -0.4 is 0 Å². The molecule has 2 aromatic rings. The maximum atomic E-state index is 13.2. The van der Waals surface area contributed by atoms with E-state index in [1.165, 1.54) is 10.5 Å². The molecule has 0 aliphatic carbocycles. The summed E-state index contributed by atoms with van der Waals surface area (Å²) >= 11 is 0. The van der Waals surface area contributed by atoms with E-state index in [9.17, 15) is 8.42 Å². The summed E-state index contributed by atoms with van der Waals surface area (Å²) in [5.74, 6) is 0. The number of aryl methyl sites for hydroxylation is 2. The number of fused-ring (bicyclic) bond motifs is 1. The van der Waals surface area contributed by atoms with Gasteiger partial charge in [0.2, 0.25) is 10.0 Å². The average Bonchev–Trinajstić information content (AvgIpc) is 2.89. The molecule has 25 heavy (non-hydrogen) atoms. The van der Waals surface area contributed by atoms with Gasteiger partial charge in [0.15, 0.2) is 5.65 Å². The summed E-state index contributed by atoms with van der Waals surface area (Å²) in [7, 11) is -1.80. The van der Waals surface area contributed by atoms with Crippen molar-refractivity contribution >= 4 is 21.1 Å². The van der Waals surface area contributed by atoms with Crippen LogP contribution in [0.2, 0.25) is 0 Å². The van der Waals surface area contributed by atoms with Gasteiger partial charge in [0.1, 0.15) is 4.90 Å². The first-order valence-corrected chi connectivity index (χ1v) is 10.3. The lowest BCUT2D eigenvalue weighted by Gasteiger charge is -2.29. The molecule has 3 heterocycles. The highest BCUT2D eigenvalue weighted by atomic mass is 32.2. The second-order valence-corrected chi connectivity index (χ2v) is 8.54. The fourth-order valence-corrected chi connectivity index (χ4v) is 4.85. The molecule has 0 N–H and O–H groups in total. The molecule has 0 spiro atoms. The summed E-state index contributed by atoms with van der Waals surface area (Å²) in [5.41, 5.74) is 1.47. The van der Waals surface area contributed by atoms with E-state index in [1.54, 1.807) is 17.8 Å². The Morgan fingerprint density at radius 2 is 2.20 bits per heavy atom. The van der Waals surface area contributed by atoms with E-state index in [0.29, 0.717) is 25.3 Å². The standard InChI is InChI=1S/C17H26N4O3S/c1-4-8-21(12-14-7-5-6-9-24-14)25(22,23)15-10-16-13(2)19-20(3)17(16)18-11-15/h10-11,14H,4-9,12H2,1-3H3/t14-/m1/s1. The molecule has 8 heteroatoms. The van der Waals surface area contributed by atoms with Gasteiger partial charge >= 0.3 is 0 Å². The molecule has 0 aromatic carbocycles. The molecule has 0 amide bonds. The van der Waals surface area contributed by atoms with Crippen LogP contribution in [0.1, 0.15) is 38.3 Å². The van der Waals surface area contributed by atoms with Crippen molar-refractivity contribution < 1.29 is 13.2 Å². The van der Waals surface area contributed by atoms with Crippen LogP contribution in [0.5, 0.6) is 0 Å². The van der Waals surface area contributed by atoms with E-state index in [0.717, 1.165) is 36.8 Å². The first-order valence-electron chi connectivity index (χ1n) is 8.84. The van der Waals surface area contributed by atoms with Gasteiger partial charge in [0, 0.05) is 38.3 Å². The predicted octanol–water partition coefficient (Wildman–Crippen LogP) is 2.25. The quantitative estimate of drug-likeness (QED) is 0.784. The van der Waals surface area contributed by atoms with E-state index >= 15 is 0 Å². The fourth-order valence-electron chi connectivity index (χ4n) is 3.32. The number of nitrogens with zero attached hydrogens (tertiary/aromatic N) is 4. The van der Waals surface area contributed by atoms with Gasteiger partial charge in [0.25, 0.3) is 0 Å². The minimum Gasteiger partial charge on any atom is -0.377 e. The Morgan fingerprint density at radius 3 is 2.88 bits per heavy atom. The smallest absolute Gasteiger partial charge is 0.244 e. The van der Waals surface area contributed by atoms with Crippen molar-refractivity contribution in [3.05, 3.63) is 18.0 Å². The minimum absolute atomic E-state index is 0.0214. The zero-order valence-electron chi connectivity index (χ0n) is 15.1. The predicted molar refractivity (Wildman–Crippen MR) is 95.9 cm³/mol. The zero-order valence-corrected chi connectivity index (χ0v) is 15.9. The molecule has 0 bridgehead atoms. The number of sulfonamides is 1. The number of pyridine rings is 1. The summed E-state index contributed by atoms with van der Waals surface area (Å²) in [6, 6.07) is 1.68. The molecule has 0 saturated carbocycles. The normalized spacial score (nSPS) is 19.0. The number of ether oxygens (including phenoxy) is 1. The van der Waals surface area contributed by atoms with E-state index in [1.807, 2.05) is 13.8 Å². The van der Waals surface area contributed by atoms with Gasteiger partial charge in [-0.1, -0.05) is 6.92 Å². The molecule has 0 radical (unpaired) electrons. The molecule has 3 rings (SSSR count). The summed E-state index contributed by atoms with van der Waals surface area (Å²) < 4.78 is 35.3. The molecular formula is C17H26N4O3S. The van der Waals surface area contributed by atoms with Gasteiger partial charge in [-0.15, -0.1) is 0 Å². The molecule has 138 valence electrons. The van der Waals surface area contributed by atoms with Crippen LogP contribution in [0.3, 0.4) is 0 Å². The van der Waals surface area contributed by atoms with Gasteiger partial charge < -0.3 is 4.74 Å². The van der Waals surface area contributed by atoms with Crippen LogP contribution in [-0.2, 0) is 21.8 Å². The Kier molecular flexibility index (Phi) is 5.41. The van der Waals surface area contributed by atoms with Gasteiger partial charge in [-0.05, 0) is 38.7 Å². The van der Waals surface area contributed by atoms with Crippen molar-refractivity contribution in [3.8, 4) is 0 Å². The molecule has 1 saturated heterocycles. The number of hydrogen-bond acceptors (Lipinski definition) is 5. The lowest BCUT2D eigenvalue weighted by Crippen LogP contribution is -2.40. The average molecular weight is 366 g/mol. The van der Waals surface area contributed by atoms with Crippen molar-refractivity contribution in [2.45, 2.75) is 50.5 Å². The molecule has 1 aliphatic rings. The Hall–Kier alpha value is -1.51. The van der Waals surface area contributed by atoms with Crippen molar-refractivity contribution in [1.29, 1.82) is 0 Å². The summed E-state index contributed by atoms with van der Waals surface area (Å²) in [4.78, 5) is 4.54. The zero-order chi connectivity index (χ0) is 18.0. The maximum absolute atomic E-state index is 13.2. The van der Waals surface area contributed by atoms with Gasteiger partial charge in [-0.25, -0.2) is 13.4 Å². The first kappa shape index (κ1) is 18.3. The van der Waals surface area contributed by atoms with Crippen LogP contribution >= 0.6 is 0 Å². The highest BCUT2D eigenvalue weighted by molar-refractivity contribution is 7.89. The molecule has 1 fully saturated rings. The molecule has 1 aliphatic heterocycles. The van der Waals surface area contributed by atoms with Crippen molar-refractivity contribution in [3.63, 3.8) is 0 Å². The van der Waals surface area contributed by atoms with Crippen molar-refractivity contribution in [2.75, 3.05) is 19.7 Å². The number of rotatable bonds is 6. The van der Waals surface area contributed by atoms with Gasteiger partial charge in [0.05, 0.1) is 11.8 Å². The van der Waals surface area contributed by atoms with E-state index in [4.69, 9.17) is 4.74 Å². The first-order chi connectivity index (χ1) is 11.9. The minimum atomic E-state index is -3.61. The Morgan fingerprint density at radius 1 is 1.40 bits per heavy atom. The van der Waals surface area contributed by atoms with Crippen molar-refractivity contribution in [1.82, 2.24) is 19.1 Å². The molecule has 7 nitrogen and oxygen atoms in total. The second-order valence-electron chi connectivity index (χ2n) is 6.60. The summed E-state index contributed by atoms with van der Waals surface area (Å²) in [6.07, 6.45) is 5.23. The maximum Gasteiger partial charge on any atom is 0.244 e. The highest BCUT2D eigenvalue weighted by Gasteiger charge is 2.28. The Labute approximate surface area is 149 Å². The topological polar surface area (TPSA) is 77.3 Å². The van der Waals surface area contributed by atoms with Gasteiger partial charge in [-0.2, -0.15) is 9.40 Å². The molecule has 0 unspecified atom stereocenters. The molecular weight excluding hydrogens is 340 g/mol. The largest absolute Gasteiger partial charge is 0.377 e. The van der Waals surface area contributed by atoms with Crippen LogP contribution in [-0.4, -0.2) is 53.3 Å². The van der Waals surface area contributed by atoms with Crippen LogP contribution in [0.25, 0.3) is 11.0 Å². The number of aromatic nitrogens is 3. The van der Waals surface area contributed by atoms with E-state index in [-0.39, 0.29) is 11.0 Å². The van der Waals surface area contributed by atoms with Crippen LogP contribution in [0.4, 0.5) is 0 Å². The highest BCUT2D eigenvalue weighted by Crippen LogP contribution is 2.24. The Balaban J connectivity index is 1.92. The van der Waals surface area contributed by atoms with Gasteiger partial charge in [-0.3, -0.25) is 4.68 Å². The van der Waals surface area contributed by atoms with Crippen LogP contribution in [0, 0.1) is 6.92 Å². The van der Waals surface area contributed by atoms with Crippen molar-refractivity contribution in [2.24, 2.45) is 7.05 Å². The second kappa shape index (κ2) is 7.39. The lowest BCUT2D eigenvalue weighted by atomic mass is 10.1. The van der Waals surface area contributed by atoms with Crippen LogP contribution in [0.15, 0.2) is 17.2 Å². The van der Waals surface area contributed by atoms with E-state index < -0.39 is 10.0 Å². The molecule has 1 atom stereocenters. The summed E-state index contributed by atoms with van der Waals surface area (Å²) in [6.45, 7) is 5.44. The number of hydrogen-bond donors (Lipinski definition) is 0. The van der Waals surface area contributed by atoms with E-state index in [2.05, 4.69) is 10.1 Å². The summed E-state index contributed by atoms with van der Waals surface area (Å²) in [5, 5.41) is 5.09. The lowest BCUT2D eigenvalue weighted by molar-refractivity contribution is 0.00624. The SMILES string of the molecule is CCCN(C[C@H]1CCCCO1)S(=O)(=O)c1cnc2c(c1)c(C)nn2C. The Bertz CT molecular complexity index is 841. The third-order valence-corrected chi connectivity index (χ3v) is 6.46. The third-order valence-electron chi connectivity index (χ3n) is 4.63. The third kappa shape index (κ3) is 3.70. The monoisotopic (exact) mass is 366 g/mol. The fraction of sp³-hybridized carbons (Fsp3) is 0.647. The molecule has 2 aromatic heterocycles.